The van der Waals surface area contributed by atoms with Crippen LogP contribution < -0.4 is 9.47 Å². The average Bonchev–Trinajstić information content (AvgIpc) is 2.55. The molecule has 3 nitrogen and oxygen atoms in total. The number of ketones is 1. The summed E-state index contributed by atoms with van der Waals surface area (Å²) in [5.74, 6) is 0.805. The molecule has 1 unspecified atom stereocenters. The van der Waals surface area contributed by atoms with E-state index in [2.05, 4.69) is 0 Å². The second-order valence-electron chi connectivity index (χ2n) is 5.76. The topological polar surface area (TPSA) is 35.5 Å². The molecule has 0 aliphatic heterocycles. The van der Waals surface area contributed by atoms with Gasteiger partial charge in [0.25, 0.3) is 0 Å². The smallest absolute Gasteiger partial charge is 0.162 e. The van der Waals surface area contributed by atoms with Crippen LogP contribution in [0.5, 0.6) is 11.5 Å². The van der Waals surface area contributed by atoms with Crippen LogP contribution in [0.3, 0.4) is 0 Å². The average molecular weight is 314 g/mol. The van der Waals surface area contributed by atoms with E-state index in [-0.39, 0.29) is 17.7 Å². The second kappa shape index (κ2) is 6.41. The van der Waals surface area contributed by atoms with Gasteiger partial charge in [-0.2, -0.15) is 0 Å². The van der Waals surface area contributed by atoms with Gasteiger partial charge < -0.3 is 9.47 Å². The summed E-state index contributed by atoms with van der Waals surface area (Å²) in [5, 5.41) is 0. The molecule has 0 bridgehead atoms. The van der Waals surface area contributed by atoms with E-state index in [9.17, 15) is 9.18 Å². The van der Waals surface area contributed by atoms with Gasteiger partial charge in [0.2, 0.25) is 0 Å². The Morgan fingerprint density at radius 1 is 1.17 bits per heavy atom. The fraction of sp³-hybridized carbons (Fsp3) is 0.316. The maximum atomic E-state index is 13.6. The minimum Gasteiger partial charge on any atom is -0.493 e. The van der Waals surface area contributed by atoms with Crippen molar-refractivity contribution in [2.24, 2.45) is 0 Å². The van der Waals surface area contributed by atoms with E-state index in [0.29, 0.717) is 17.1 Å². The largest absolute Gasteiger partial charge is 0.493 e. The molecule has 0 fully saturated rings. The number of aryl methyl sites for hydroxylation is 1. The van der Waals surface area contributed by atoms with E-state index >= 15 is 0 Å². The van der Waals surface area contributed by atoms with Crippen molar-refractivity contribution in [1.29, 1.82) is 0 Å². The van der Waals surface area contributed by atoms with E-state index in [1.165, 1.54) is 13.0 Å². The monoisotopic (exact) mass is 314 g/mol. The van der Waals surface area contributed by atoms with Gasteiger partial charge in [0.05, 0.1) is 7.11 Å². The molecular formula is C19H19FO3. The molecule has 4 heteroatoms. The van der Waals surface area contributed by atoms with Crippen molar-refractivity contribution in [3.05, 3.63) is 58.9 Å². The van der Waals surface area contributed by atoms with Crippen LogP contribution in [0.25, 0.3) is 0 Å². The van der Waals surface area contributed by atoms with Crippen molar-refractivity contribution in [2.45, 2.75) is 32.3 Å². The summed E-state index contributed by atoms with van der Waals surface area (Å²) in [6.07, 6.45) is 2.56. The summed E-state index contributed by atoms with van der Waals surface area (Å²) >= 11 is 0. The number of fused-ring (bicyclic) bond motifs is 1. The predicted molar refractivity (Wildman–Crippen MR) is 85.7 cm³/mol. The molecule has 2 aromatic carbocycles. The van der Waals surface area contributed by atoms with E-state index in [4.69, 9.17) is 9.47 Å². The first-order valence-corrected chi connectivity index (χ1v) is 7.72. The molecule has 1 aliphatic rings. The maximum Gasteiger partial charge on any atom is 0.162 e. The third-order valence-electron chi connectivity index (χ3n) is 4.21. The minimum atomic E-state index is -0.252. The molecule has 0 spiro atoms. The third-order valence-corrected chi connectivity index (χ3v) is 4.21. The molecule has 2 aromatic rings. The lowest BCUT2D eigenvalue weighted by Crippen LogP contribution is -2.16. The van der Waals surface area contributed by atoms with Gasteiger partial charge >= 0.3 is 0 Å². The van der Waals surface area contributed by atoms with Gasteiger partial charge in [-0.05, 0) is 67.6 Å². The summed E-state index contributed by atoms with van der Waals surface area (Å²) in [4.78, 5) is 11.5. The van der Waals surface area contributed by atoms with Gasteiger partial charge in [0.1, 0.15) is 11.9 Å². The zero-order valence-corrected chi connectivity index (χ0v) is 13.3. The highest BCUT2D eigenvalue weighted by Crippen LogP contribution is 2.37. The molecule has 0 heterocycles. The Labute approximate surface area is 135 Å². The summed E-state index contributed by atoms with van der Waals surface area (Å²) in [6.45, 7) is 1.51. The highest BCUT2D eigenvalue weighted by Gasteiger charge is 2.23. The fourth-order valence-electron chi connectivity index (χ4n) is 2.99. The number of ether oxygens (including phenoxy) is 2. The molecule has 0 N–H and O–H groups in total. The zero-order valence-electron chi connectivity index (χ0n) is 13.3. The standard InChI is InChI=1S/C19H19FO3/c1-12(21)14-7-9-18(19(10-14)22-2)23-17-5-3-4-13-6-8-15(20)11-16(13)17/h6-11,17H,3-5H2,1-2H3. The Morgan fingerprint density at radius 2 is 2.00 bits per heavy atom. The highest BCUT2D eigenvalue weighted by atomic mass is 19.1. The SMILES string of the molecule is COc1cc(C(C)=O)ccc1OC1CCCc2ccc(F)cc21. The Hall–Kier alpha value is -2.36. The summed E-state index contributed by atoms with van der Waals surface area (Å²) in [6, 6.07) is 10.0. The van der Waals surface area contributed by atoms with Crippen molar-refractivity contribution < 1.29 is 18.7 Å². The Kier molecular flexibility index (Phi) is 4.33. The van der Waals surface area contributed by atoms with Crippen molar-refractivity contribution in [1.82, 2.24) is 0 Å². The Bertz CT molecular complexity index is 739. The van der Waals surface area contributed by atoms with Gasteiger partial charge in [0, 0.05) is 5.56 Å². The lowest BCUT2D eigenvalue weighted by molar-refractivity contribution is 0.101. The van der Waals surface area contributed by atoms with Gasteiger partial charge in [0.15, 0.2) is 17.3 Å². The number of methoxy groups -OCH3 is 1. The van der Waals surface area contributed by atoms with Crippen molar-refractivity contribution in [3.63, 3.8) is 0 Å². The fourth-order valence-corrected chi connectivity index (χ4v) is 2.99. The van der Waals surface area contributed by atoms with Gasteiger partial charge in [-0.1, -0.05) is 6.07 Å². The van der Waals surface area contributed by atoms with Crippen molar-refractivity contribution >= 4 is 5.78 Å². The number of hydrogen-bond acceptors (Lipinski definition) is 3. The minimum absolute atomic E-state index is 0.0278. The first-order chi connectivity index (χ1) is 11.1. The van der Waals surface area contributed by atoms with Crippen LogP contribution in [0.15, 0.2) is 36.4 Å². The Morgan fingerprint density at radius 3 is 2.74 bits per heavy atom. The number of benzene rings is 2. The molecule has 3 rings (SSSR count). The second-order valence-corrected chi connectivity index (χ2v) is 5.76. The molecule has 0 aromatic heterocycles. The van der Waals surface area contributed by atoms with Crippen LogP contribution in [-0.4, -0.2) is 12.9 Å². The quantitative estimate of drug-likeness (QED) is 0.780. The van der Waals surface area contributed by atoms with E-state index in [1.807, 2.05) is 6.07 Å². The lowest BCUT2D eigenvalue weighted by Gasteiger charge is -2.27. The van der Waals surface area contributed by atoms with Crippen LogP contribution in [0.2, 0.25) is 0 Å². The molecular weight excluding hydrogens is 295 g/mol. The van der Waals surface area contributed by atoms with Crippen LogP contribution in [0.1, 0.15) is 47.4 Å². The molecule has 0 saturated carbocycles. The first kappa shape index (κ1) is 15.5. The van der Waals surface area contributed by atoms with Crippen molar-refractivity contribution in [3.8, 4) is 11.5 Å². The van der Waals surface area contributed by atoms with Crippen LogP contribution >= 0.6 is 0 Å². The summed E-state index contributed by atoms with van der Waals surface area (Å²) in [7, 11) is 1.54. The normalized spacial score (nSPS) is 16.6. The number of carbonyl (C=O) groups is 1. The molecule has 0 amide bonds. The van der Waals surface area contributed by atoms with Gasteiger partial charge in [-0.3, -0.25) is 4.79 Å². The molecule has 1 atom stereocenters. The highest BCUT2D eigenvalue weighted by molar-refractivity contribution is 5.94. The van der Waals surface area contributed by atoms with E-state index < -0.39 is 0 Å². The van der Waals surface area contributed by atoms with Crippen LogP contribution in [0.4, 0.5) is 4.39 Å². The third kappa shape index (κ3) is 3.21. The zero-order chi connectivity index (χ0) is 16.4. The number of halogens is 1. The number of rotatable bonds is 4. The summed E-state index contributed by atoms with van der Waals surface area (Å²) in [5.41, 5.74) is 2.60. The van der Waals surface area contributed by atoms with Crippen LogP contribution in [0, 0.1) is 5.82 Å². The van der Waals surface area contributed by atoms with Gasteiger partial charge in [-0.25, -0.2) is 4.39 Å². The maximum absolute atomic E-state index is 13.6. The van der Waals surface area contributed by atoms with E-state index in [1.54, 1.807) is 31.4 Å². The Balaban J connectivity index is 1.91. The number of Topliss-reactive ketones (excluding diaryl/α,β-unsaturated/α-hetero) is 1. The lowest BCUT2D eigenvalue weighted by atomic mass is 9.89. The molecule has 23 heavy (non-hydrogen) atoms. The molecule has 120 valence electrons. The molecule has 0 radical (unpaired) electrons. The summed E-state index contributed by atoms with van der Waals surface area (Å²) < 4.78 is 25.0. The molecule has 1 aliphatic carbocycles. The molecule has 0 saturated heterocycles. The predicted octanol–water partition coefficient (Wildman–Crippen LogP) is 4.49. The number of hydrogen-bond donors (Lipinski definition) is 0. The van der Waals surface area contributed by atoms with E-state index in [0.717, 1.165) is 30.4 Å². The first-order valence-electron chi connectivity index (χ1n) is 7.72. The van der Waals surface area contributed by atoms with Gasteiger partial charge in [-0.15, -0.1) is 0 Å². The van der Waals surface area contributed by atoms with Crippen LogP contribution in [-0.2, 0) is 6.42 Å². The van der Waals surface area contributed by atoms with Crippen molar-refractivity contribution in [2.75, 3.05) is 7.11 Å². The number of carbonyl (C=O) groups excluding carboxylic acids is 1.